The number of benzene rings is 1. The van der Waals surface area contributed by atoms with Crippen LogP contribution < -0.4 is 9.47 Å². The number of ether oxygens (including phenoxy) is 2. The van der Waals surface area contributed by atoms with E-state index in [9.17, 15) is 4.79 Å². The quantitative estimate of drug-likeness (QED) is 0.766. The van der Waals surface area contributed by atoms with Gasteiger partial charge in [-0.3, -0.25) is 0 Å². The second kappa shape index (κ2) is 8.32. The number of thiazole rings is 1. The summed E-state index contributed by atoms with van der Waals surface area (Å²) in [4.78, 5) is 17.1. The first-order valence-electron chi connectivity index (χ1n) is 7.35. The van der Waals surface area contributed by atoms with Gasteiger partial charge in [0.15, 0.2) is 17.2 Å². The van der Waals surface area contributed by atoms with Crippen LogP contribution in [0.2, 0.25) is 5.02 Å². The van der Waals surface area contributed by atoms with Crippen LogP contribution >= 0.6 is 22.9 Å². The summed E-state index contributed by atoms with van der Waals surface area (Å²) in [5.74, 6) is -0.0535. The lowest BCUT2D eigenvalue weighted by molar-refractivity contribution is 0.0691. The molecule has 1 heterocycles. The fourth-order valence-corrected chi connectivity index (χ4v) is 2.98. The molecule has 0 fully saturated rings. The summed E-state index contributed by atoms with van der Waals surface area (Å²) in [5, 5.41) is 11.5. The Hall–Kier alpha value is -1.83. The van der Waals surface area contributed by atoms with Gasteiger partial charge in [-0.1, -0.05) is 11.6 Å². The average Bonchev–Trinajstić information content (AvgIpc) is 2.99. The number of carboxylic acid groups (broad SMARTS) is 1. The maximum absolute atomic E-state index is 11.0. The monoisotopic (exact) mass is 370 g/mol. The fourth-order valence-electron chi connectivity index (χ4n) is 1.93. The van der Waals surface area contributed by atoms with Gasteiger partial charge in [-0.15, -0.1) is 11.3 Å². The maximum atomic E-state index is 11.0. The van der Waals surface area contributed by atoms with Crippen LogP contribution in [0.15, 0.2) is 17.5 Å². The lowest BCUT2D eigenvalue weighted by Crippen LogP contribution is -2.19. The molecule has 0 amide bonds. The Morgan fingerprint density at radius 3 is 2.71 bits per heavy atom. The second-order valence-electron chi connectivity index (χ2n) is 5.21. The Balaban J connectivity index is 2.32. The Morgan fingerprint density at radius 1 is 1.38 bits per heavy atom. The lowest BCUT2D eigenvalue weighted by Gasteiger charge is -2.16. The van der Waals surface area contributed by atoms with Gasteiger partial charge >= 0.3 is 5.97 Å². The minimum absolute atomic E-state index is 0.00962. The van der Waals surface area contributed by atoms with E-state index in [4.69, 9.17) is 26.2 Å². The van der Waals surface area contributed by atoms with Gasteiger partial charge in [0.05, 0.1) is 11.6 Å². The number of rotatable bonds is 8. The molecular formula is C16H19ClN2O4S. The molecule has 0 bridgehead atoms. The van der Waals surface area contributed by atoms with Crippen molar-refractivity contribution in [2.24, 2.45) is 0 Å². The molecule has 6 nitrogen and oxygen atoms in total. The number of aromatic nitrogens is 1. The predicted molar refractivity (Wildman–Crippen MR) is 94.7 cm³/mol. The summed E-state index contributed by atoms with van der Waals surface area (Å²) in [6.45, 7) is 3.56. The van der Waals surface area contributed by atoms with Crippen LogP contribution in [0.5, 0.6) is 11.5 Å². The first kappa shape index (κ1) is 18.5. The summed E-state index contributed by atoms with van der Waals surface area (Å²) in [6.07, 6.45) is 0. The van der Waals surface area contributed by atoms with Crippen LogP contribution in [-0.4, -0.2) is 54.8 Å². The molecule has 0 aliphatic carbocycles. The number of aromatic carboxylic acids is 1. The second-order valence-corrected chi connectivity index (χ2v) is 6.48. The van der Waals surface area contributed by atoms with Crippen molar-refractivity contribution in [2.75, 3.05) is 33.9 Å². The van der Waals surface area contributed by atoms with Gasteiger partial charge in [0, 0.05) is 17.5 Å². The molecule has 0 spiro atoms. The summed E-state index contributed by atoms with van der Waals surface area (Å²) in [7, 11) is 3.92. The standard InChI is InChI=1S/C16H19ClN2O4S/c1-4-22-13-8-10(15-18-12(9-24-15)16(20)21)7-11(17)14(13)23-6-5-19(2)3/h7-9H,4-6H2,1-3H3,(H,20,21). The Bertz CT molecular complexity index is 718. The van der Waals surface area contributed by atoms with E-state index in [0.717, 1.165) is 6.54 Å². The third-order valence-corrected chi connectivity index (χ3v) is 4.24. The molecule has 0 saturated carbocycles. The number of hydrogen-bond donors (Lipinski definition) is 1. The van der Waals surface area contributed by atoms with Crippen molar-refractivity contribution in [3.8, 4) is 22.1 Å². The van der Waals surface area contributed by atoms with E-state index < -0.39 is 5.97 Å². The molecule has 1 aromatic heterocycles. The van der Waals surface area contributed by atoms with Crippen LogP contribution in [0.4, 0.5) is 0 Å². The molecular weight excluding hydrogens is 352 g/mol. The summed E-state index contributed by atoms with van der Waals surface area (Å²) in [5.41, 5.74) is 0.705. The molecule has 0 aliphatic rings. The molecule has 1 N–H and O–H groups in total. The van der Waals surface area contributed by atoms with Crippen molar-refractivity contribution in [3.05, 3.63) is 28.2 Å². The zero-order chi connectivity index (χ0) is 17.7. The van der Waals surface area contributed by atoms with Crippen molar-refractivity contribution in [1.29, 1.82) is 0 Å². The van der Waals surface area contributed by atoms with Crippen LogP contribution in [0.25, 0.3) is 10.6 Å². The fraction of sp³-hybridized carbons (Fsp3) is 0.375. The average molecular weight is 371 g/mol. The maximum Gasteiger partial charge on any atom is 0.355 e. The minimum atomic E-state index is -1.06. The predicted octanol–water partition coefficient (Wildman–Crippen LogP) is 3.50. The van der Waals surface area contributed by atoms with Gasteiger partial charge in [0.1, 0.15) is 11.6 Å². The highest BCUT2D eigenvalue weighted by molar-refractivity contribution is 7.13. The Kier molecular flexibility index (Phi) is 6.42. The molecule has 0 aliphatic heterocycles. The van der Waals surface area contributed by atoms with Crippen molar-refractivity contribution in [1.82, 2.24) is 9.88 Å². The van der Waals surface area contributed by atoms with Gasteiger partial charge in [0.2, 0.25) is 0 Å². The largest absolute Gasteiger partial charge is 0.490 e. The van der Waals surface area contributed by atoms with Crippen molar-refractivity contribution in [2.45, 2.75) is 6.92 Å². The highest BCUT2D eigenvalue weighted by Crippen LogP contribution is 2.40. The number of carbonyl (C=O) groups is 1. The first-order valence-corrected chi connectivity index (χ1v) is 8.61. The zero-order valence-electron chi connectivity index (χ0n) is 13.7. The molecule has 0 atom stereocenters. The third-order valence-electron chi connectivity index (χ3n) is 3.06. The Labute approximate surface area is 149 Å². The van der Waals surface area contributed by atoms with Crippen molar-refractivity contribution < 1.29 is 19.4 Å². The minimum Gasteiger partial charge on any atom is -0.490 e. The number of halogens is 1. The zero-order valence-corrected chi connectivity index (χ0v) is 15.3. The van der Waals surface area contributed by atoms with E-state index in [-0.39, 0.29) is 5.69 Å². The van der Waals surface area contributed by atoms with Crippen molar-refractivity contribution >= 4 is 28.9 Å². The number of nitrogens with zero attached hydrogens (tertiary/aromatic N) is 2. The molecule has 130 valence electrons. The summed E-state index contributed by atoms with van der Waals surface area (Å²) in [6, 6.07) is 3.48. The van der Waals surface area contributed by atoms with E-state index in [1.165, 1.54) is 16.7 Å². The number of hydrogen-bond acceptors (Lipinski definition) is 6. The molecule has 24 heavy (non-hydrogen) atoms. The molecule has 2 rings (SSSR count). The topological polar surface area (TPSA) is 71.9 Å². The molecule has 2 aromatic rings. The van der Waals surface area contributed by atoms with Crippen LogP contribution in [0, 0.1) is 0 Å². The van der Waals surface area contributed by atoms with Gasteiger partial charge in [-0.25, -0.2) is 9.78 Å². The SMILES string of the molecule is CCOc1cc(-c2nc(C(=O)O)cs2)cc(Cl)c1OCCN(C)C. The molecule has 0 unspecified atom stereocenters. The molecule has 8 heteroatoms. The van der Waals surface area contributed by atoms with Gasteiger partial charge < -0.3 is 19.5 Å². The highest BCUT2D eigenvalue weighted by Gasteiger charge is 2.16. The van der Waals surface area contributed by atoms with Crippen molar-refractivity contribution in [3.63, 3.8) is 0 Å². The molecule has 1 aromatic carbocycles. The van der Waals surface area contributed by atoms with E-state index in [1.807, 2.05) is 25.9 Å². The van der Waals surface area contributed by atoms with E-state index in [0.29, 0.717) is 40.3 Å². The number of likely N-dealkylation sites (N-methyl/N-ethyl adjacent to an activating group) is 1. The normalized spacial score (nSPS) is 10.9. The van der Waals surface area contributed by atoms with Gasteiger partial charge in [-0.2, -0.15) is 0 Å². The summed E-state index contributed by atoms with van der Waals surface area (Å²) < 4.78 is 11.4. The number of carboxylic acids is 1. The van der Waals surface area contributed by atoms with Crippen LogP contribution in [-0.2, 0) is 0 Å². The smallest absolute Gasteiger partial charge is 0.355 e. The lowest BCUT2D eigenvalue weighted by atomic mass is 10.2. The summed E-state index contributed by atoms with van der Waals surface area (Å²) >= 11 is 7.59. The Morgan fingerprint density at radius 2 is 2.12 bits per heavy atom. The van der Waals surface area contributed by atoms with E-state index in [2.05, 4.69) is 4.98 Å². The van der Waals surface area contributed by atoms with Crippen LogP contribution in [0.1, 0.15) is 17.4 Å². The van der Waals surface area contributed by atoms with E-state index in [1.54, 1.807) is 12.1 Å². The third kappa shape index (κ3) is 4.59. The van der Waals surface area contributed by atoms with Gasteiger partial charge in [0.25, 0.3) is 0 Å². The molecule has 0 radical (unpaired) electrons. The van der Waals surface area contributed by atoms with E-state index >= 15 is 0 Å². The first-order chi connectivity index (χ1) is 11.4. The van der Waals surface area contributed by atoms with Crippen LogP contribution in [0.3, 0.4) is 0 Å². The van der Waals surface area contributed by atoms with Gasteiger partial charge in [-0.05, 0) is 33.2 Å². The molecule has 0 saturated heterocycles. The highest BCUT2D eigenvalue weighted by atomic mass is 35.5.